The molecule has 0 aromatic rings. The Bertz CT molecular complexity index is 153. The number of unbranched alkanes of at least 4 members (excludes halogenated alkanes) is 1. The molecule has 13 heavy (non-hydrogen) atoms. The van der Waals surface area contributed by atoms with Crippen LogP contribution in [0.1, 0.15) is 33.1 Å². The van der Waals surface area contributed by atoms with E-state index in [1.54, 1.807) is 7.11 Å². The van der Waals surface area contributed by atoms with Crippen molar-refractivity contribution < 1.29 is 9.47 Å². The molecule has 2 atom stereocenters. The average Bonchev–Trinajstić information content (AvgIpc) is 2.16. The first-order valence-electron chi connectivity index (χ1n) is 4.78. The molecule has 76 valence electrons. The Labute approximate surface area is 80.6 Å². The summed E-state index contributed by atoms with van der Waals surface area (Å²) >= 11 is 0. The second-order valence-corrected chi connectivity index (χ2v) is 3.16. The van der Waals surface area contributed by atoms with E-state index in [1.165, 1.54) is 0 Å². The Morgan fingerprint density at radius 1 is 1.46 bits per heavy atom. The van der Waals surface area contributed by atoms with Gasteiger partial charge in [0.15, 0.2) is 6.29 Å². The Morgan fingerprint density at radius 3 is 2.62 bits per heavy atom. The summed E-state index contributed by atoms with van der Waals surface area (Å²) in [7, 11) is 1.61. The minimum absolute atomic E-state index is 0.00780. The lowest BCUT2D eigenvalue weighted by Gasteiger charge is -2.16. The minimum Gasteiger partial charge on any atom is -0.356 e. The highest BCUT2D eigenvalue weighted by atomic mass is 16.7. The molecule has 0 fully saturated rings. The Balaban J connectivity index is 3.58. The van der Waals surface area contributed by atoms with Crippen molar-refractivity contribution in [3.8, 4) is 6.07 Å². The molecule has 3 nitrogen and oxygen atoms in total. The Morgan fingerprint density at radius 2 is 2.15 bits per heavy atom. The summed E-state index contributed by atoms with van der Waals surface area (Å²) in [6.45, 7) is 4.70. The first kappa shape index (κ1) is 12.4. The van der Waals surface area contributed by atoms with Gasteiger partial charge >= 0.3 is 0 Å². The summed E-state index contributed by atoms with van der Waals surface area (Å²) in [5.41, 5.74) is 0. The van der Waals surface area contributed by atoms with Crippen molar-refractivity contribution in [1.82, 2.24) is 0 Å². The van der Waals surface area contributed by atoms with Gasteiger partial charge in [0.2, 0.25) is 0 Å². The van der Waals surface area contributed by atoms with Crippen LogP contribution in [0.3, 0.4) is 0 Å². The molecule has 0 heterocycles. The van der Waals surface area contributed by atoms with Crippen LogP contribution in [0.15, 0.2) is 0 Å². The fourth-order valence-electron chi connectivity index (χ4n) is 0.933. The van der Waals surface area contributed by atoms with Gasteiger partial charge in [-0.25, -0.2) is 0 Å². The zero-order chi connectivity index (χ0) is 10.1. The highest BCUT2D eigenvalue weighted by Gasteiger charge is 2.11. The second-order valence-electron chi connectivity index (χ2n) is 3.16. The lowest BCUT2D eigenvalue weighted by atomic mass is 10.1. The zero-order valence-corrected chi connectivity index (χ0v) is 8.75. The summed E-state index contributed by atoms with van der Waals surface area (Å²) in [4.78, 5) is 0. The number of hydrogen-bond donors (Lipinski definition) is 0. The van der Waals surface area contributed by atoms with Crippen molar-refractivity contribution in [2.45, 2.75) is 39.4 Å². The van der Waals surface area contributed by atoms with Gasteiger partial charge in [0.25, 0.3) is 0 Å². The van der Waals surface area contributed by atoms with E-state index >= 15 is 0 Å². The van der Waals surface area contributed by atoms with Gasteiger partial charge in [-0.3, -0.25) is 0 Å². The third-order valence-corrected chi connectivity index (χ3v) is 1.83. The molecule has 0 amide bonds. The number of rotatable bonds is 7. The van der Waals surface area contributed by atoms with E-state index < -0.39 is 0 Å². The highest BCUT2D eigenvalue weighted by molar-refractivity contribution is 4.79. The number of nitriles is 1. The molecule has 0 bridgehead atoms. The molecule has 0 rings (SSSR count). The maximum atomic E-state index is 8.59. The molecule has 3 heteroatoms. The summed E-state index contributed by atoms with van der Waals surface area (Å²) in [6, 6.07) is 2.16. The summed E-state index contributed by atoms with van der Waals surface area (Å²) in [5.74, 6) is -0.00780. The predicted octanol–water partition coefficient (Wildman–Crippen LogP) is 2.33. The molecule has 0 aliphatic carbocycles. The van der Waals surface area contributed by atoms with Crippen molar-refractivity contribution in [2.24, 2.45) is 5.92 Å². The smallest absolute Gasteiger partial charge is 0.158 e. The van der Waals surface area contributed by atoms with Gasteiger partial charge in [-0.15, -0.1) is 0 Å². The topological polar surface area (TPSA) is 42.2 Å². The van der Waals surface area contributed by atoms with Crippen LogP contribution in [0.2, 0.25) is 0 Å². The molecule has 0 aliphatic rings. The number of ether oxygens (including phenoxy) is 2. The van der Waals surface area contributed by atoms with Crippen LogP contribution >= 0.6 is 0 Å². The van der Waals surface area contributed by atoms with Gasteiger partial charge in [0.1, 0.15) is 0 Å². The van der Waals surface area contributed by atoms with E-state index in [2.05, 4.69) is 13.0 Å². The molecule has 0 N–H and O–H groups in total. The average molecular weight is 185 g/mol. The molecule has 0 aliphatic heterocycles. The Hall–Kier alpha value is -0.590. The number of methoxy groups -OCH3 is 1. The maximum Gasteiger partial charge on any atom is 0.158 e. The number of hydrogen-bond acceptors (Lipinski definition) is 3. The first-order chi connectivity index (χ1) is 6.24. The molecule has 0 aromatic carbocycles. The SMILES string of the molecule is CCCCOC(CC(C)C#N)OC. The van der Waals surface area contributed by atoms with Crippen molar-refractivity contribution in [3.63, 3.8) is 0 Å². The highest BCUT2D eigenvalue weighted by Crippen LogP contribution is 2.09. The summed E-state index contributed by atoms with van der Waals surface area (Å²) in [6.07, 6.45) is 2.59. The molecule has 0 spiro atoms. The van der Waals surface area contributed by atoms with Gasteiger partial charge in [-0.05, 0) is 13.3 Å². The fourth-order valence-corrected chi connectivity index (χ4v) is 0.933. The molecule has 0 saturated carbocycles. The van der Waals surface area contributed by atoms with Crippen LogP contribution in [0.25, 0.3) is 0 Å². The van der Waals surface area contributed by atoms with Gasteiger partial charge in [-0.1, -0.05) is 13.3 Å². The second kappa shape index (κ2) is 8.03. The molecule has 0 radical (unpaired) electrons. The third-order valence-electron chi connectivity index (χ3n) is 1.83. The minimum atomic E-state index is -0.221. The normalized spacial score (nSPS) is 14.9. The van der Waals surface area contributed by atoms with Crippen molar-refractivity contribution in [1.29, 1.82) is 5.26 Å². The van der Waals surface area contributed by atoms with E-state index in [-0.39, 0.29) is 12.2 Å². The van der Waals surface area contributed by atoms with E-state index in [9.17, 15) is 0 Å². The van der Waals surface area contributed by atoms with Crippen molar-refractivity contribution in [2.75, 3.05) is 13.7 Å². The van der Waals surface area contributed by atoms with Gasteiger partial charge < -0.3 is 9.47 Å². The van der Waals surface area contributed by atoms with E-state index in [0.717, 1.165) is 12.8 Å². The van der Waals surface area contributed by atoms with Crippen molar-refractivity contribution in [3.05, 3.63) is 0 Å². The molecule has 2 unspecified atom stereocenters. The van der Waals surface area contributed by atoms with E-state index in [1.807, 2.05) is 6.92 Å². The zero-order valence-electron chi connectivity index (χ0n) is 8.75. The monoisotopic (exact) mass is 185 g/mol. The van der Waals surface area contributed by atoms with Gasteiger partial charge in [0, 0.05) is 26.1 Å². The maximum absolute atomic E-state index is 8.59. The lowest BCUT2D eigenvalue weighted by molar-refractivity contribution is -0.131. The van der Waals surface area contributed by atoms with Crippen LogP contribution in [0.4, 0.5) is 0 Å². The largest absolute Gasteiger partial charge is 0.356 e. The first-order valence-corrected chi connectivity index (χ1v) is 4.78. The van der Waals surface area contributed by atoms with Crippen LogP contribution in [-0.2, 0) is 9.47 Å². The Kier molecular flexibility index (Phi) is 7.66. The van der Waals surface area contributed by atoms with E-state index in [4.69, 9.17) is 14.7 Å². The van der Waals surface area contributed by atoms with Crippen LogP contribution in [0.5, 0.6) is 0 Å². The number of nitrogens with zero attached hydrogens (tertiary/aromatic N) is 1. The summed E-state index contributed by atoms with van der Waals surface area (Å²) < 4.78 is 10.5. The molecule has 0 saturated heterocycles. The molecular weight excluding hydrogens is 166 g/mol. The van der Waals surface area contributed by atoms with Crippen LogP contribution in [0, 0.1) is 17.2 Å². The molecule has 0 aromatic heterocycles. The summed E-state index contributed by atoms with van der Waals surface area (Å²) in [5, 5.41) is 8.59. The molecular formula is C10H19NO2. The third kappa shape index (κ3) is 6.56. The van der Waals surface area contributed by atoms with Crippen molar-refractivity contribution >= 4 is 0 Å². The van der Waals surface area contributed by atoms with Crippen LogP contribution < -0.4 is 0 Å². The predicted molar refractivity (Wildman–Crippen MR) is 51.1 cm³/mol. The van der Waals surface area contributed by atoms with Gasteiger partial charge in [-0.2, -0.15) is 5.26 Å². The van der Waals surface area contributed by atoms with Gasteiger partial charge in [0.05, 0.1) is 6.07 Å². The fraction of sp³-hybridized carbons (Fsp3) is 0.900. The van der Waals surface area contributed by atoms with E-state index in [0.29, 0.717) is 13.0 Å². The standard InChI is InChI=1S/C10H19NO2/c1-4-5-6-13-10(12-3)7-9(2)8-11/h9-10H,4-7H2,1-3H3. The van der Waals surface area contributed by atoms with Crippen LogP contribution in [-0.4, -0.2) is 20.0 Å². The lowest BCUT2D eigenvalue weighted by Crippen LogP contribution is -2.18. The quantitative estimate of drug-likeness (QED) is 0.451.